The molecule has 0 atom stereocenters. The molecule has 3 aromatic rings. The molecule has 1 aromatic heterocycles. The van der Waals surface area contributed by atoms with Gasteiger partial charge in [-0.2, -0.15) is 0 Å². The topological polar surface area (TPSA) is 102 Å². The SMILES string of the molecule is COc1ccc(Nc2nccc(-c3ccc(N)c4c3CNC4=O)n2)cc1. The summed E-state index contributed by atoms with van der Waals surface area (Å²) in [5, 5.41) is 5.98. The number of nitrogens with two attached hydrogens (primary N) is 1. The van der Waals surface area contributed by atoms with Crippen LogP contribution in [0.4, 0.5) is 17.3 Å². The molecule has 0 unspecified atom stereocenters. The first-order valence-corrected chi connectivity index (χ1v) is 8.10. The molecule has 0 saturated heterocycles. The lowest BCUT2D eigenvalue weighted by molar-refractivity contribution is 0.0966. The van der Waals surface area contributed by atoms with Crippen molar-refractivity contribution >= 4 is 23.2 Å². The summed E-state index contributed by atoms with van der Waals surface area (Å²) in [5.41, 5.74) is 10.3. The van der Waals surface area contributed by atoms with Gasteiger partial charge >= 0.3 is 0 Å². The summed E-state index contributed by atoms with van der Waals surface area (Å²) in [6.07, 6.45) is 1.68. The highest BCUT2D eigenvalue weighted by Crippen LogP contribution is 2.32. The minimum absolute atomic E-state index is 0.148. The number of amides is 1. The Balaban J connectivity index is 1.67. The standard InChI is InChI=1S/C19H17N5O2/c1-26-12-4-2-11(3-5-12)23-19-21-9-8-16(24-19)13-6-7-15(20)17-14(13)10-22-18(17)25/h2-9H,10,20H2,1H3,(H,22,25)(H,21,23,24). The Kier molecular flexibility index (Phi) is 3.89. The third-order valence-electron chi connectivity index (χ3n) is 4.28. The van der Waals surface area contributed by atoms with Gasteiger partial charge in [0.25, 0.3) is 5.91 Å². The second-order valence-corrected chi connectivity index (χ2v) is 5.86. The summed E-state index contributed by atoms with van der Waals surface area (Å²) < 4.78 is 5.15. The molecule has 1 amide bonds. The van der Waals surface area contributed by atoms with Gasteiger partial charge in [0.15, 0.2) is 0 Å². The highest BCUT2D eigenvalue weighted by Gasteiger charge is 2.25. The molecule has 7 heteroatoms. The van der Waals surface area contributed by atoms with Crippen LogP contribution < -0.4 is 21.1 Å². The zero-order chi connectivity index (χ0) is 18.1. The van der Waals surface area contributed by atoms with Gasteiger partial charge in [-0.3, -0.25) is 4.79 Å². The van der Waals surface area contributed by atoms with Gasteiger partial charge in [0, 0.05) is 29.7 Å². The maximum atomic E-state index is 12.0. The Labute approximate surface area is 150 Å². The number of ether oxygens (including phenoxy) is 1. The fourth-order valence-electron chi connectivity index (χ4n) is 2.99. The van der Waals surface area contributed by atoms with Crippen molar-refractivity contribution in [3.8, 4) is 17.0 Å². The van der Waals surface area contributed by atoms with Gasteiger partial charge in [-0.25, -0.2) is 9.97 Å². The van der Waals surface area contributed by atoms with Crippen molar-refractivity contribution in [1.29, 1.82) is 0 Å². The number of hydrogen-bond acceptors (Lipinski definition) is 6. The quantitative estimate of drug-likeness (QED) is 0.627. The second-order valence-electron chi connectivity index (χ2n) is 5.86. The molecule has 0 radical (unpaired) electrons. The van der Waals surface area contributed by atoms with Crippen molar-refractivity contribution in [3.05, 3.63) is 59.8 Å². The van der Waals surface area contributed by atoms with Crippen molar-refractivity contribution in [2.24, 2.45) is 0 Å². The van der Waals surface area contributed by atoms with Crippen molar-refractivity contribution in [2.45, 2.75) is 6.54 Å². The fourth-order valence-corrected chi connectivity index (χ4v) is 2.99. The third-order valence-corrected chi connectivity index (χ3v) is 4.28. The van der Waals surface area contributed by atoms with E-state index in [-0.39, 0.29) is 5.91 Å². The molecule has 0 saturated carbocycles. The van der Waals surface area contributed by atoms with Crippen LogP contribution in [-0.2, 0) is 6.54 Å². The van der Waals surface area contributed by atoms with Crippen LogP contribution in [0.1, 0.15) is 15.9 Å². The van der Waals surface area contributed by atoms with Crippen LogP contribution in [0.15, 0.2) is 48.7 Å². The Morgan fingerprint density at radius 3 is 2.73 bits per heavy atom. The summed E-state index contributed by atoms with van der Waals surface area (Å²) in [5.74, 6) is 1.10. The van der Waals surface area contributed by atoms with E-state index in [1.807, 2.05) is 36.4 Å². The predicted octanol–water partition coefficient (Wildman–Crippen LogP) is 2.72. The number of anilines is 3. The van der Waals surface area contributed by atoms with Crippen molar-refractivity contribution in [1.82, 2.24) is 15.3 Å². The minimum Gasteiger partial charge on any atom is -0.497 e. The van der Waals surface area contributed by atoms with E-state index in [4.69, 9.17) is 10.5 Å². The van der Waals surface area contributed by atoms with Crippen LogP contribution in [0, 0.1) is 0 Å². The lowest BCUT2D eigenvalue weighted by Crippen LogP contribution is -2.13. The first-order chi connectivity index (χ1) is 12.7. The number of nitrogens with zero attached hydrogens (tertiary/aromatic N) is 2. The number of carbonyl (C=O) groups excluding carboxylic acids is 1. The van der Waals surface area contributed by atoms with Gasteiger partial charge in [-0.05, 0) is 42.0 Å². The number of carbonyl (C=O) groups is 1. The van der Waals surface area contributed by atoms with Gasteiger partial charge in [-0.15, -0.1) is 0 Å². The smallest absolute Gasteiger partial charge is 0.254 e. The molecule has 0 bridgehead atoms. The molecule has 4 N–H and O–H groups in total. The molecule has 26 heavy (non-hydrogen) atoms. The van der Waals surface area contributed by atoms with Crippen LogP contribution in [0.25, 0.3) is 11.3 Å². The van der Waals surface area contributed by atoms with E-state index in [9.17, 15) is 4.79 Å². The molecule has 1 aliphatic rings. The molecule has 4 rings (SSSR count). The van der Waals surface area contributed by atoms with E-state index >= 15 is 0 Å². The highest BCUT2D eigenvalue weighted by molar-refractivity contribution is 6.05. The summed E-state index contributed by atoms with van der Waals surface area (Å²) in [6, 6.07) is 12.9. The van der Waals surface area contributed by atoms with E-state index in [0.717, 1.165) is 28.3 Å². The maximum absolute atomic E-state index is 12.0. The maximum Gasteiger partial charge on any atom is 0.254 e. The number of methoxy groups -OCH3 is 1. The Morgan fingerprint density at radius 1 is 1.15 bits per heavy atom. The molecular weight excluding hydrogens is 330 g/mol. The fraction of sp³-hybridized carbons (Fsp3) is 0.105. The molecular formula is C19H17N5O2. The van der Waals surface area contributed by atoms with Crippen LogP contribution in [-0.4, -0.2) is 23.0 Å². The first-order valence-electron chi connectivity index (χ1n) is 8.10. The molecule has 130 valence electrons. The number of rotatable bonds is 4. The lowest BCUT2D eigenvalue weighted by Gasteiger charge is -2.10. The Bertz CT molecular complexity index is 986. The Hall–Kier alpha value is -3.61. The van der Waals surface area contributed by atoms with Gasteiger partial charge in [0.05, 0.1) is 18.4 Å². The summed E-state index contributed by atoms with van der Waals surface area (Å²) in [6.45, 7) is 0.444. The number of hydrogen-bond donors (Lipinski definition) is 3. The molecule has 0 spiro atoms. The highest BCUT2D eigenvalue weighted by atomic mass is 16.5. The van der Waals surface area contributed by atoms with Crippen molar-refractivity contribution in [2.75, 3.05) is 18.2 Å². The molecule has 2 heterocycles. The van der Waals surface area contributed by atoms with Gasteiger partial charge in [-0.1, -0.05) is 6.07 Å². The van der Waals surface area contributed by atoms with Crippen LogP contribution in [0.3, 0.4) is 0 Å². The third kappa shape index (κ3) is 2.79. The Morgan fingerprint density at radius 2 is 1.96 bits per heavy atom. The van der Waals surface area contributed by atoms with Gasteiger partial charge in [0.1, 0.15) is 5.75 Å². The van der Waals surface area contributed by atoms with Crippen LogP contribution in [0.2, 0.25) is 0 Å². The summed E-state index contributed by atoms with van der Waals surface area (Å²) >= 11 is 0. The van der Waals surface area contributed by atoms with Gasteiger partial charge in [0.2, 0.25) is 5.95 Å². The average Bonchev–Trinajstić information content (AvgIpc) is 3.06. The monoisotopic (exact) mass is 347 g/mol. The van der Waals surface area contributed by atoms with Crippen molar-refractivity contribution in [3.63, 3.8) is 0 Å². The largest absolute Gasteiger partial charge is 0.497 e. The van der Waals surface area contributed by atoms with E-state index in [2.05, 4.69) is 20.6 Å². The van der Waals surface area contributed by atoms with Crippen LogP contribution >= 0.6 is 0 Å². The summed E-state index contributed by atoms with van der Waals surface area (Å²) in [4.78, 5) is 20.8. The lowest BCUT2D eigenvalue weighted by atomic mass is 9.99. The van der Waals surface area contributed by atoms with E-state index < -0.39 is 0 Å². The number of benzene rings is 2. The average molecular weight is 347 g/mol. The number of nitrogen functional groups attached to an aromatic ring is 1. The number of aromatic nitrogens is 2. The van der Waals surface area contributed by atoms with E-state index in [1.54, 1.807) is 19.4 Å². The second kappa shape index (κ2) is 6.36. The van der Waals surface area contributed by atoms with Crippen LogP contribution in [0.5, 0.6) is 5.75 Å². The molecule has 7 nitrogen and oxygen atoms in total. The number of fused-ring (bicyclic) bond motifs is 1. The molecule has 2 aromatic carbocycles. The first kappa shape index (κ1) is 15.9. The molecule has 0 aliphatic carbocycles. The minimum atomic E-state index is -0.148. The zero-order valence-corrected chi connectivity index (χ0v) is 14.1. The summed E-state index contributed by atoms with van der Waals surface area (Å²) in [7, 11) is 1.62. The predicted molar refractivity (Wildman–Crippen MR) is 99.3 cm³/mol. The van der Waals surface area contributed by atoms with E-state index in [0.29, 0.717) is 23.7 Å². The van der Waals surface area contributed by atoms with Gasteiger partial charge < -0.3 is 21.1 Å². The normalized spacial score (nSPS) is 12.4. The molecule has 0 fully saturated rings. The van der Waals surface area contributed by atoms with Crippen molar-refractivity contribution < 1.29 is 9.53 Å². The van der Waals surface area contributed by atoms with E-state index in [1.165, 1.54) is 0 Å². The molecule has 1 aliphatic heterocycles. The number of nitrogens with one attached hydrogen (secondary N) is 2. The zero-order valence-electron chi connectivity index (χ0n) is 14.1.